The molecular weight excluding hydrogens is 252 g/mol. The lowest BCUT2D eigenvalue weighted by atomic mass is 9.96. The number of hydrogen-bond donors (Lipinski definition) is 2. The highest BCUT2D eigenvalue weighted by Gasteiger charge is 2.23. The molecule has 2 N–H and O–H groups in total. The molecule has 0 aliphatic heterocycles. The van der Waals surface area contributed by atoms with Crippen LogP contribution in [0.15, 0.2) is 0 Å². The predicted molar refractivity (Wildman–Crippen MR) is 75.0 cm³/mol. The van der Waals surface area contributed by atoms with Crippen molar-refractivity contribution in [2.24, 2.45) is 5.41 Å². The largest absolute Gasteiger partial charge is 0.480 e. The summed E-state index contributed by atoms with van der Waals surface area (Å²) in [6, 6.07) is -1.15. The maximum atomic E-state index is 11.8. The molecule has 0 heterocycles. The predicted octanol–water partition coefficient (Wildman–Crippen LogP) is 1.88. The topological polar surface area (TPSA) is 69.6 Å². The number of carbonyl (C=O) groups excluding carboxylic acids is 1. The van der Waals surface area contributed by atoms with Crippen LogP contribution in [0.25, 0.3) is 0 Å². The number of nitrogens with one attached hydrogen (secondary N) is 1. The van der Waals surface area contributed by atoms with Crippen molar-refractivity contribution in [2.75, 3.05) is 25.6 Å². The molecule has 0 aliphatic rings. The number of thioether (sulfide) groups is 1. The van der Waals surface area contributed by atoms with Gasteiger partial charge in [-0.3, -0.25) is 0 Å². The summed E-state index contributed by atoms with van der Waals surface area (Å²) in [6.45, 7) is 6.66. The summed E-state index contributed by atoms with van der Waals surface area (Å²) in [6.07, 6.45) is 2.35. The number of amides is 2. The number of carbonyl (C=O) groups is 2. The van der Waals surface area contributed by atoms with Gasteiger partial charge in [0.2, 0.25) is 0 Å². The second-order valence-electron chi connectivity index (χ2n) is 5.54. The van der Waals surface area contributed by atoms with E-state index in [9.17, 15) is 9.59 Å². The molecule has 0 aromatic heterocycles. The van der Waals surface area contributed by atoms with Crippen LogP contribution in [0, 0.1) is 5.41 Å². The fourth-order valence-electron chi connectivity index (χ4n) is 1.54. The first kappa shape index (κ1) is 17.1. The van der Waals surface area contributed by atoms with Crippen LogP contribution in [0.5, 0.6) is 0 Å². The second kappa shape index (κ2) is 7.51. The third-order valence-electron chi connectivity index (χ3n) is 2.26. The second-order valence-corrected chi connectivity index (χ2v) is 6.52. The molecule has 0 saturated heterocycles. The first-order valence-electron chi connectivity index (χ1n) is 5.90. The summed E-state index contributed by atoms with van der Waals surface area (Å²) in [5.74, 6) is -0.276. The smallest absolute Gasteiger partial charge is 0.326 e. The van der Waals surface area contributed by atoms with Crippen LogP contribution >= 0.6 is 11.8 Å². The van der Waals surface area contributed by atoms with Gasteiger partial charge in [0.15, 0.2) is 0 Å². The highest BCUT2D eigenvalue weighted by atomic mass is 32.2. The van der Waals surface area contributed by atoms with Crippen LogP contribution in [0.1, 0.15) is 27.2 Å². The highest BCUT2D eigenvalue weighted by molar-refractivity contribution is 7.98. The lowest BCUT2D eigenvalue weighted by Gasteiger charge is -2.28. The van der Waals surface area contributed by atoms with E-state index in [1.54, 1.807) is 18.8 Å². The lowest BCUT2D eigenvalue weighted by Crippen LogP contribution is -2.48. The molecule has 0 aliphatic carbocycles. The van der Waals surface area contributed by atoms with Gasteiger partial charge in [-0.25, -0.2) is 9.59 Å². The van der Waals surface area contributed by atoms with Crippen molar-refractivity contribution in [3.8, 4) is 0 Å². The van der Waals surface area contributed by atoms with E-state index in [4.69, 9.17) is 5.11 Å². The SMILES string of the molecule is CSCC[C@H](NC(=O)N(C)CC(C)(C)C)C(=O)O. The monoisotopic (exact) mass is 276 g/mol. The molecule has 0 unspecified atom stereocenters. The maximum absolute atomic E-state index is 11.8. The first-order valence-corrected chi connectivity index (χ1v) is 7.30. The summed E-state index contributed by atoms with van der Waals surface area (Å²) < 4.78 is 0. The zero-order chi connectivity index (χ0) is 14.3. The van der Waals surface area contributed by atoms with Gasteiger partial charge >= 0.3 is 12.0 Å². The van der Waals surface area contributed by atoms with E-state index in [1.165, 1.54) is 4.90 Å². The van der Waals surface area contributed by atoms with E-state index in [0.29, 0.717) is 18.7 Å². The molecule has 0 radical (unpaired) electrons. The number of carboxylic acids is 1. The van der Waals surface area contributed by atoms with Gasteiger partial charge < -0.3 is 15.3 Å². The fraction of sp³-hybridized carbons (Fsp3) is 0.833. The summed E-state index contributed by atoms with van der Waals surface area (Å²) >= 11 is 1.56. The Balaban J connectivity index is 4.36. The molecule has 0 aromatic rings. The van der Waals surface area contributed by atoms with E-state index in [1.807, 2.05) is 27.0 Å². The van der Waals surface area contributed by atoms with Gasteiger partial charge in [-0.1, -0.05) is 20.8 Å². The molecule has 0 spiro atoms. The van der Waals surface area contributed by atoms with E-state index >= 15 is 0 Å². The molecule has 0 rings (SSSR count). The molecule has 2 amide bonds. The number of carboxylic acid groups (broad SMARTS) is 1. The third kappa shape index (κ3) is 7.42. The minimum Gasteiger partial charge on any atom is -0.480 e. The first-order chi connectivity index (χ1) is 8.17. The fourth-order valence-corrected chi connectivity index (χ4v) is 2.01. The van der Waals surface area contributed by atoms with Crippen LogP contribution in [-0.2, 0) is 4.79 Å². The lowest BCUT2D eigenvalue weighted by molar-refractivity contribution is -0.139. The molecule has 6 heteroatoms. The zero-order valence-electron chi connectivity index (χ0n) is 11.8. The van der Waals surface area contributed by atoms with Gasteiger partial charge in [0.25, 0.3) is 0 Å². The Morgan fingerprint density at radius 1 is 1.39 bits per heavy atom. The Bertz CT molecular complexity index is 290. The molecule has 18 heavy (non-hydrogen) atoms. The normalized spacial score (nSPS) is 12.9. The van der Waals surface area contributed by atoms with E-state index < -0.39 is 12.0 Å². The van der Waals surface area contributed by atoms with Crippen LogP contribution in [0.2, 0.25) is 0 Å². The molecule has 0 bridgehead atoms. The van der Waals surface area contributed by atoms with Gasteiger partial charge in [0.05, 0.1) is 0 Å². The van der Waals surface area contributed by atoms with Crippen molar-refractivity contribution in [1.82, 2.24) is 10.2 Å². The Hall–Kier alpha value is -0.910. The van der Waals surface area contributed by atoms with Gasteiger partial charge in [0.1, 0.15) is 6.04 Å². The average molecular weight is 276 g/mol. The van der Waals surface area contributed by atoms with E-state index in [-0.39, 0.29) is 11.4 Å². The van der Waals surface area contributed by atoms with Gasteiger partial charge in [-0.15, -0.1) is 0 Å². The average Bonchev–Trinajstić information content (AvgIpc) is 2.20. The van der Waals surface area contributed by atoms with E-state index in [2.05, 4.69) is 5.32 Å². The summed E-state index contributed by atoms with van der Waals surface area (Å²) in [4.78, 5) is 24.4. The Morgan fingerprint density at radius 2 is 1.94 bits per heavy atom. The number of aliphatic carboxylic acids is 1. The van der Waals surface area contributed by atoms with Crippen LogP contribution in [-0.4, -0.2) is 53.6 Å². The molecule has 0 fully saturated rings. The van der Waals surface area contributed by atoms with Crippen LogP contribution < -0.4 is 5.32 Å². The van der Waals surface area contributed by atoms with Crippen molar-refractivity contribution in [3.05, 3.63) is 0 Å². The number of urea groups is 1. The number of rotatable bonds is 6. The van der Waals surface area contributed by atoms with E-state index in [0.717, 1.165) is 0 Å². The quantitative estimate of drug-likeness (QED) is 0.777. The summed E-state index contributed by atoms with van der Waals surface area (Å²) in [7, 11) is 1.67. The van der Waals surface area contributed by atoms with Gasteiger partial charge in [-0.05, 0) is 23.8 Å². The zero-order valence-corrected chi connectivity index (χ0v) is 12.6. The van der Waals surface area contributed by atoms with Crippen molar-refractivity contribution in [2.45, 2.75) is 33.2 Å². The number of hydrogen-bond acceptors (Lipinski definition) is 3. The van der Waals surface area contributed by atoms with Crippen LogP contribution in [0.4, 0.5) is 4.79 Å². The summed E-state index contributed by atoms with van der Waals surface area (Å²) in [5, 5.41) is 11.6. The van der Waals surface area contributed by atoms with Crippen LogP contribution in [0.3, 0.4) is 0 Å². The molecule has 0 saturated carbocycles. The highest BCUT2D eigenvalue weighted by Crippen LogP contribution is 2.14. The van der Waals surface area contributed by atoms with Gasteiger partial charge in [-0.2, -0.15) is 11.8 Å². The molecule has 1 atom stereocenters. The standard InChI is InChI=1S/C12H24N2O3S/c1-12(2,3)8-14(4)11(17)13-9(10(15)16)6-7-18-5/h9H,6-8H2,1-5H3,(H,13,17)(H,15,16)/t9-/m0/s1. The molecule has 5 nitrogen and oxygen atoms in total. The Labute approximate surface area is 113 Å². The summed E-state index contributed by atoms with van der Waals surface area (Å²) in [5.41, 5.74) is -0.00984. The van der Waals surface area contributed by atoms with Crippen molar-refractivity contribution >= 4 is 23.8 Å². The third-order valence-corrected chi connectivity index (χ3v) is 2.91. The Morgan fingerprint density at radius 3 is 2.33 bits per heavy atom. The van der Waals surface area contributed by atoms with Gasteiger partial charge in [0, 0.05) is 13.6 Å². The molecular formula is C12H24N2O3S. The van der Waals surface area contributed by atoms with Crippen molar-refractivity contribution in [1.29, 1.82) is 0 Å². The molecule has 106 valence electrons. The Kier molecular flexibility index (Phi) is 7.13. The minimum atomic E-state index is -0.985. The van der Waals surface area contributed by atoms with Crippen molar-refractivity contribution in [3.63, 3.8) is 0 Å². The number of nitrogens with zero attached hydrogens (tertiary/aromatic N) is 1. The molecule has 0 aromatic carbocycles. The minimum absolute atomic E-state index is 0.00984. The maximum Gasteiger partial charge on any atom is 0.326 e. The van der Waals surface area contributed by atoms with Crippen molar-refractivity contribution < 1.29 is 14.7 Å².